The summed E-state index contributed by atoms with van der Waals surface area (Å²) in [5, 5.41) is 7.17. The fourth-order valence-electron chi connectivity index (χ4n) is 3.32. The predicted molar refractivity (Wildman–Crippen MR) is 116 cm³/mol. The Morgan fingerprint density at radius 3 is 2.68 bits per heavy atom. The van der Waals surface area contributed by atoms with Crippen molar-refractivity contribution in [2.45, 2.75) is 26.9 Å². The van der Waals surface area contributed by atoms with Crippen LogP contribution in [0.15, 0.2) is 58.0 Å². The second kappa shape index (κ2) is 8.43. The first-order valence-corrected chi connectivity index (χ1v) is 9.89. The third-order valence-electron chi connectivity index (χ3n) is 5.01. The highest BCUT2D eigenvalue weighted by atomic mass is 16.5. The maximum absolute atomic E-state index is 12.8. The molecular formula is C23H22N4O4. The number of ether oxygens (including phenoxy) is 1. The molecule has 0 aliphatic rings. The molecule has 0 saturated carbocycles. The van der Waals surface area contributed by atoms with Crippen molar-refractivity contribution in [3.63, 3.8) is 0 Å². The zero-order chi connectivity index (χ0) is 22.0. The Balaban J connectivity index is 1.53. The summed E-state index contributed by atoms with van der Waals surface area (Å²) >= 11 is 0. The van der Waals surface area contributed by atoms with Crippen molar-refractivity contribution in [2.75, 3.05) is 7.11 Å². The van der Waals surface area contributed by atoms with Gasteiger partial charge in [0.05, 0.1) is 19.0 Å². The summed E-state index contributed by atoms with van der Waals surface area (Å²) in [4.78, 5) is 30.0. The predicted octanol–water partition coefficient (Wildman–Crippen LogP) is 3.32. The maximum atomic E-state index is 12.8. The van der Waals surface area contributed by atoms with Crippen LogP contribution < -0.4 is 15.5 Å². The number of amides is 1. The summed E-state index contributed by atoms with van der Waals surface area (Å²) in [6.45, 7) is 4.52. The van der Waals surface area contributed by atoms with Crippen LogP contribution in [-0.4, -0.2) is 27.7 Å². The molecule has 0 unspecified atom stereocenters. The molecule has 1 aromatic carbocycles. The summed E-state index contributed by atoms with van der Waals surface area (Å²) in [5.41, 5.74) is 2.50. The SMILES string of the molecule is CCn1cc(C(=O)NCc2cc(-c3ccc(OC)cc3)on2)c(=O)c2ccc(C)nc21. The zero-order valence-electron chi connectivity index (χ0n) is 17.5. The number of carbonyl (C=O) groups excluding carboxylic acids is 1. The molecule has 1 amide bonds. The lowest BCUT2D eigenvalue weighted by Gasteiger charge is -2.11. The van der Waals surface area contributed by atoms with E-state index in [9.17, 15) is 9.59 Å². The van der Waals surface area contributed by atoms with E-state index < -0.39 is 5.91 Å². The summed E-state index contributed by atoms with van der Waals surface area (Å²) in [5.74, 6) is 0.852. The van der Waals surface area contributed by atoms with E-state index in [4.69, 9.17) is 9.26 Å². The molecule has 0 aliphatic carbocycles. The van der Waals surface area contributed by atoms with Gasteiger partial charge in [-0.05, 0) is 50.2 Å². The largest absolute Gasteiger partial charge is 0.497 e. The average Bonchev–Trinajstić information content (AvgIpc) is 3.27. The number of aromatic nitrogens is 3. The van der Waals surface area contributed by atoms with Crippen LogP contribution in [-0.2, 0) is 13.1 Å². The molecule has 0 fully saturated rings. The van der Waals surface area contributed by atoms with Crippen molar-refractivity contribution in [3.05, 3.63) is 75.8 Å². The van der Waals surface area contributed by atoms with E-state index in [1.54, 1.807) is 36.1 Å². The number of nitrogens with one attached hydrogen (secondary N) is 1. The second-order valence-corrected chi connectivity index (χ2v) is 7.08. The van der Waals surface area contributed by atoms with Gasteiger partial charge in [0.25, 0.3) is 5.91 Å². The Morgan fingerprint density at radius 1 is 1.19 bits per heavy atom. The lowest BCUT2D eigenvalue weighted by Crippen LogP contribution is -2.29. The van der Waals surface area contributed by atoms with Gasteiger partial charge in [0, 0.05) is 30.1 Å². The molecule has 1 N–H and O–H groups in total. The molecule has 3 heterocycles. The van der Waals surface area contributed by atoms with Crippen molar-refractivity contribution in [2.24, 2.45) is 0 Å². The van der Waals surface area contributed by atoms with E-state index in [1.807, 2.05) is 38.1 Å². The number of nitrogens with zero attached hydrogens (tertiary/aromatic N) is 3. The molecule has 0 atom stereocenters. The minimum Gasteiger partial charge on any atom is -0.497 e. The van der Waals surface area contributed by atoms with E-state index in [1.165, 1.54) is 0 Å². The normalized spacial score (nSPS) is 10.9. The topological polar surface area (TPSA) is 99.3 Å². The van der Waals surface area contributed by atoms with Gasteiger partial charge in [-0.1, -0.05) is 5.16 Å². The molecule has 0 bridgehead atoms. The number of aryl methyl sites for hydroxylation is 2. The number of fused-ring (bicyclic) bond motifs is 1. The zero-order valence-corrected chi connectivity index (χ0v) is 17.5. The molecule has 8 nitrogen and oxygen atoms in total. The number of pyridine rings is 2. The van der Waals surface area contributed by atoms with Crippen LogP contribution in [0.1, 0.15) is 28.7 Å². The molecule has 31 heavy (non-hydrogen) atoms. The summed E-state index contributed by atoms with van der Waals surface area (Å²) in [7, 11) is 1.60. The first-order chi connectivity index (χ1) is 15.0. The highest BCUT2D eigenvalue weighted by molar-refractivity contribution is 5.96. The van der Waals surface area contributed by atoms with Crippen LogP contribution in [0.3, 0.4) is 0 Å². The number of benzene rings is 1. The van der Waals surface area contributed by atoms with Gasteiger partial charge >= 0.3 is 0 Å². The van der Waals surface area contributed by atoms with Gasteiger partial charge < -0.3 is 19.1 Å². The van der Waals surface area contributed by atoms with Crippen molar-refractivity contribution >= 4 is 16.9 Å². The fourth-order valence-corrected chi connectivity index (χ4v) is 3.32. The van der Waals surface area contributed by atoms with Crippen LogP contribution in [0.25, 0.3) is 22.4 Å². The number of methoxy groups -OCH3 is 1. The summed E-state index contributed by atoms with van der Waals surface area (Å²) < 4.78 is 12.3. The average molecular weight is 418 g/mol. The highest BCUT2D eigenvalue weighted by Crippen LogP contribution is 2.23. The van der Waals surface area contributed by atoms with Crippen LogP contribution in [0.4, 0.5) is 0 Å². The second-order valence-electron chi connectivity index (χ2n) is 7.08. The molecule has 0 radical (unpaired) electrons. The minimum absolute atomic E-state index is 0.0684. The molecule has 4 rings (SSSR count). The van der Waals surface area contributed by atoms with E-state index >= 15 is 0 Å². The van der Waals surface area contributed by atoms with E-state index in [2.05, 4.69) is 15.5 Å². The molecule has 158 valence electrons. The van der Waals surface area contributed by atoms with Crippen molar-refractivity contribution in [3.8, 4) is 17.1 Å². The van der Waals surface area contributed by atoms with Crippen LogP contribution >= 0.6 is 0 Å². The quantitative estimate of drug-likeness (QED) is 0.516. The van der Waals surface area contributed by atoms with Crippen LogP contribution in [0.2, 0.25) is 0 Å². The summed E-state index contributed by atoms with van der Waals surface area (Å²) in [6, 6.07) is 12.6. The maximum Gasteiger partial charge on any atom is 0.257 e. The monoisotopic (exact) mass is 418 g/mol. The molecule has 3 aromatic heterocycles. The molecule has 8 heteroatoms. The Kier molecular flexibility index (Phi) is 5.53. The van der Waals surface area contributed by atoms with E-state index in [-0.39, 0.29) is 17.5 Å². The van der Waals surface area contributed by atoms with Crippen LogP contribution in [0.5, 0.6) is 5.75 Å². The Bertz CT molecular complexity index is 1310. The first-order valence-electron chi connectivity index (χ1n) is 9.89. The number of hydrogen-bond acceptors (Lipinski definition) is 6. The number of rotatable bonds is 6. The van der Waals surface area contributed by atoms with Gasteiger partial charge in [0.1, 0.15) is 22.7 Å². The molecule has 0 saturated heterocycles. The van der Waals surface area contributed by atoms with E-state index in [0.717, 1.165) is 17.0 Å². The standard InChI is InChI=1S/C23H22N4O4/c1-4-27-13-19(21(28)18-10-5-14(2)25-22(18)27)23(29)24-12-16-11-20(31-26-16)15-6-8-17(30-3)9-7-15/h5-11,13H,4,12H2,1-3H3,(H,24,29). The number of hydrogen-bond donors (Lipinski definition) is 1. The van der Waals surface area contributed by atoms with Crippen molar-refractivity contribution in [1.82, 2.24) is 20.0 Å². The lowest BCUT2D eigenvalue weighted by atomic mass is 10.1. The molecule has 4 aromatic rings. The van der Waals surface area contributed by atoms with Gasteiger partial charge in [-0.25, -0.2) is 4.98 Å². The smallest absolute Gasteiger partial charge is 0.257 e. The molecular weight excluding hydrogens is 396 g/mol. The Hall–Kier alpha value is -3.94. The van der Waals surface area contributed by atoms with Gasteiger partial charge in [0.15, 0.2) is 5.76 Å². The van der Waals surface area contributed by atoms with Gasteiger partial charge in [0.2, 0.25) is 5.43 Å². The Labute approximate surface area is 178 Å². The minimum atomic E-state index is -0.469. The van der Waals surface area contributed by atoms with E-state index in [0.29, 0.717) is 29.0 Å². The molecule has 0 spiro atoms. The van der Waals surface area contributed by atoms with Crippen molar-refractivity contribution < 1.29 is 14.1 Å². The Morgan fingerprint density at radius 2 is 1.97 bits per heavy atom. The lowest BCUT2D eigenvalue weighted by molar-refractivity contribution is 0.0948. The first kappa shape index (κ1) is 20.3. The van der Waals surface area contributed by atoms with Gasteiger partial charge in [-0.3, -0.25) is 9.59 Å². The number of carbonyl (C=O) groups is 1. The molecule has 0 aliphatic heterocycles. The third-order valence-corrected chi connectivity index (χ3v) is 5.01. The van der Waals surface area contributed by atoms with Gasteiger partial charge in [-0.15, -0.1) is 0 Å². The summed E-state index contributed by atoms with van der Waals surface area (Å²) in [6.07, 6.45) is 1.55. The van der Waals surface area contributed by atoms with Gasteiger partial charge in [-0.2, -0.15) is 0 Å². The van der Waals surface area contributed by atoms with Crippen molar-refractivity contribution in [1.29, 1.82) is 0 Å². The highest BCUT2D eigenvalue weighted by Gasteiger charge is 2.17. The van der Waals surface area contributed by atoms with Crippen LogP contribution in [0, 0.1) is 6.92 Å². The third kappa shape index (κ3) is 4.05. The fraction of sp³-hybridized carbons (Fsp3) is 0.217.